The van der Waals surface area contributed by atoms with Gasteiger partial charge in [0.05, 0.1) is 6.61 Å². The van der Waals surface area contributed by atoms with E-state index in [0.717, 1.165) is 31.2 Å². The lowest BCUT2D eigenvalue weighted by Crippen LogP contribution is -2.51. The number of ether oxygens (including phenoxy) is 2. The second-order valence-electron chi connectivity index (χ2n) is 8.33. The number of alkyl carbamates (subject to hydrolysis) is 1. The van der Waals surface area contributed by atoms with Gasteiger partial charge in [-0.15, -0.1) is 0 Å². The molecule has 2 atom stereocenters. The Kier molecular flexibility index (Phi) is 7.69. The predicted octanol–water partition coefficient (Wildman–Crippen LogP) is 3.31. The molecule has 0 heterocycles. The fourth-order valence-electron chi connectivity index (χ4n) is 3.59. The molecular formula is C21H32N2O5. The van der Waals surface area contributed by atoms with E-state index >= 15 is 0 Å². The number of carboxylic acids is 1. The molecule has 0 aromatic heterocycles. The van der Waals surface area contributed by atoms with Crippen molar-refractivity contribution in [3.8, 4) is 5.75 Å². The van der Waals surface area contributed by atoms with E-state index in [1.807, 2.05) is 24.3 Å². The zero-order chi connectivity index (χ0) is 20.7. The first-order valence-corrected chi connectivity index (χ1v) is 9.83. The van der Waals surface area contributed by atoms with Crippen molar-refractivity contribution < 1.29 is 24.2 Å². The van der Waals surface area contributed by atoms with Crippen LogP contribution in [0.4, 0.5) is 4.79 Å². The van der Waals surface area contributed by atoms with Crippen LogP contribution < -0.4 is 15.8 Å². The second-order valence-corrected chi connectivity index (χ2v) is 8.33. The van der Waals surface area contributed by atoms with Crippen molar-refractivity contribution in [3.63, 3.8) is 0 Å². The summed E-state index contributed by atoms with van der Waals surface area (Å²) in [5, 5.41) is 12.3. The first-order chi connectivity index (χ1) is 13.2. The molecule has 0 radical (unpaired) electrons. The SMILES string of the molecule is CC(C)(C)OC(=O)N[C@H](C(=O)O)C(COc1ccc(CN)cc1)C1CCCC1. The quantitative estimate of drug-likeness (QED) is 0.626. The van der Waals surface area contributed by atoms with E-state index < -0.39 is 23.7 Å². The minimum absolute atomic E-state index is 0.180. The van der Waals surface area contributed by atoms with Crippen LogP contribution in [0.15, 0.2) is 24.3 Å². The van der Waals surface area contributed by atoms with Crippen LogP contribution in [0.2, 0.25) is 0 Å². The van der Waals surface area contributed by atoms with Gasteiger partial charge in [0.15, 0.2) is 0 Å². The summed E-state index contributed by atoms with van der Waals surface area (Å²) in [4.78, 5) is 24.1. The topological polar surface area (TPSA) is 111 Å². The Morgan fingerprint density at radius 2 is 1.82 bits per heavy atom. The van der Waals surface area contributed by atoms with Crippen LogP contribution in [-0.4, -0.2) is 35.4 Å². The lowest BCUT2D eigenvalue weighted by molar-refractivity contribution is -0.142. The molecule has 0 bridgehead atoms. The number of nitrogens with two attached hydrogens (primary N) is 1. The lowest BCUT2D eigenvalue weighted by atomic mass is 9.85. The van der Waals surface area contributed by atoms with Gasteiger partial charge in [-0.25, -0.2) is 9.59 Å². The minimum Gasteiger partial charge on any atom is -0.493 e. The molecule has 0 spiro atoms. The van der Waals surface area contributed by atoms with Crippen molar-refractivity contribution in [1.82, 2.24) is 5.32 Å². The van der Waals surface area contributed by atoms with Gasteiger partial charge in [0.2, 0.25) is 0 Å². The smallest absolute Gasteiger partial charge is 0.408 e. The van der Waals surface area contributed by atoms with E-state index in [4.69, 9.17) is 15.2 Å². The number of carbonyl (C=O) groups is 2. The molecule has 2 rings (SSSR count). The average molecular weight is 392 g/mol. The molecule has 1 amide bonds. The van der Waals surface area contributed by atoms with Crippen LogP contribution in [0.1, 0.15) is 52.0 Å². The zero-order valence-electron chi connectivity index (χ0n) is 16.9. The van der Waals surface area contributed by atoms with Gasteiger partial charge in [0, 0.05) is 12.5 Å². The Bertz CT molecular complexity index is 648. The Morgan fingerprint density at radius 1 is 1.21 bits per heavy atom. The molecule has 1 aliphatic rings. The van der Waals surface area contributed by atoms with Crippen molar-refractivity contribution in [2.24, 2.45) is 17.6 Å². The molecule has 1 aliphatic carbocycles. The molecule has 28 heavy (non-hydrogen) atoms. The number of hydrogen-bond acceptors (Lipinski definition) is 5. The van der Waals surface area contributed by atoms with Gasteiger partial charge in [0.1, 0.15) is 17.4 Å². The Morgan fingerprint density at radius 3 is 2.32 bits per heavy atom. The number of nitrogens with one attached hydrogen (secondary N) is 1. The van der Waals surface area contributed by atoms with Crippen LogP contribution in [0.3, 0.4) is 0 Å². The third kappa shape index (κ3) is 6.71. The van der Waals surface area contributed by atoms with Gasteiger partial charge in [-0.05, 0) is 57.2 Å². The second kappa shape index (κ2) is 9.78. The summed E-state index contributed by atoms with van der Waals surface area (Å²) in [5.74, 6) is -0.590. The van der Waals surface area contributed by atoms with Gasteiger partial charge < -0.3 is 25.6 Å². The molecule has 1 fully saturated rings. The number of benzene rings is 1. The van der Waals surface area contributed by atoms with E-state index in [1.165, 1.54) is 0 Å². The van der Waals surface area contributed by atoms with Gasteiger partial charge in [-0.2, -0.15) is 0 Å². The van der Waals surface area contributed by atoms with Crippen molar-refractivity contribution in [3.05, 3.63) is 29.8 Å². The van der Waals surface area contributed by atoms with Crippen molar-refractivity contribution in [1.29, 1.82) is 0 Å². The number of amides is 1. The maximum Gasteiger partial charge on any atom is 0.408 e. The Hall–Kier alpha value is -2.28. The molecular weight excluding hydrogens is 360 g/mol. The van der Waals surface area contributed by atoms with Crippen LogP contribution in [0.5, 0.6) is 5.75 Å². The number of hydrogen-bond donors (Lipinski definition) is 3. The molecule has 1 saturated carbocycles. The van der Waals surface area contributed by atoms with Gasteiger partial charge in [-0.3, -0.25) is 0 Å². The molecule has 0 saturated heterocycles. The standard InChI is InChI=1S/C21H32N2O5/c1-21(2,3)28-20(26)23-18(19(24)25)17(15-6-4-5-7-15)13-27-16-10-8-14(12-22)9-11-16/h8-11,15,17-18H,4-7,12-13,22H2,1-3H3,(H,23,26)(H,24,25)/t17?,18-/m0/s1. The Balaban J connectivity index is 2.11. The molecule has 0 aliphatic heterocycles. The first kappa shape index (κ1) is 22.0. The summed E-state index contributed by atoms with van der Waals surface area (Å²) < 4.78 is 11.2. The Labute approximate surface area is 166 Å². The highest BCUT2D eigenvalue weighted by atomic mass is 16.6. The largest absolute Gasteiger partial charge is 0.493 e. The van der Waals surface area contributed by atoms with Crippen molar-refractivity contribution >= 4 is 12.1 Å². The summed E-state index contributed by atoms with van der Waals surface area (Å²) in [6.07, 6.45) is 3.26. The van der Waals surface area contributed by atoms with Crippen LogP contribution >= 0.6 is 0 Å². The third-order valence-corrected chi connectivity index (χ3v) is 4.97. The van der Waals surface area contributed by atoms with E-state index in [9.17, 15) is 14.7 Å². The van der Waals surface area contributed by atoms with Gasteiger partial charge >= 0.3 is 12.1 Å². The highest BCUT2D eigenvalue weighted by molar-refractivity contribution is 5.80. The number of carbonyl (C=O) groups excluding carboxylic acids is 1. The fraction of sp³-hybridized carbons (Fsp3) is 0.619. The summed E-state index contributed by atoms with van der Waals surface area (Å²) in [6, 6.07) is 6.35. The van der Waals surface area contributed by atoms with Gasteiger partial charge in [-0.1, -0.05) is 25.0 Å². The first-order valence-electron chi connectivity index (χ1n) is 9.83. The summed E-state index contributed by atoms with van der Waals surface area (Å²) >= 11 is 0. The molecule has 1 unspecified atom stereocenters. The molecule has 1 aromatic carbocycles. The fourth-order valence-corrected chi connectivity index (χ4v) is 3.59. The predicted molar refractivity (Wildman–Crippen MR) is 106 cm³/mol. The third-order valence-electron chi connectivity index (χ3n) is 4.97. The zero-order valence-corrected chi connectivity index (χ0v) is 16.9. The normalized spacial score (nSPS) is 17.0. The lowest BCUT2D eigenvalue weighted by Gasteiger charge is -2.30. The number of aliphatic carboxylic acids is 1. The number of carboxylic acid groups (broad SMARTS) is 1. The molecule has 1 aromatic rings. The van der Waals surface area contributed by atoms with Crippen LogP contribution in [-0.2, 0) is 16.1 Å². The maximum atomic E-state index is 12.2. The minimum atomic E-state index is -1.08. The van der Waals surface area contributed by atoms with Crippen molar-refractivity contribution in [2.45, 2.75) is 64.6 Å². The number of rotatable bonds is 8. The molecule has 4 N–H and O–H groups in total. The summed E-state index contributed by atoms with van der Waals surface area (Å²) in [5.41, 5.74) is 5.91. The summed E-state index contributed by atoms with van der Waals surface area (Å²) in [6.45, 7) is 5.88. The molecule has 7 heteroatoms. The van der Waals surface area contributed by atoms with Crippen molar-refractivity contribution in [2.75, 3.05) is 6.61 Å². The average Bonchev–Trinajstić information content (AvgIpc) is 3.14. The van der Waals surface area contributed by atoms with E-state index in [-0.39, 0.29) is 18.4 Å². The van der Waals surface area contributed by atoms with E-state index in [1.54, 1.807) is 20.8 Å². The maximum absolute atomic E-state index is 12.2. The monoisotopic (exact) mass is 392 g/mol. The van der Waals surface area contributed by atoms with Crippen LogP contribution in [0, 0.1) is 11.8 Å². The van der Waals surface area contributed by atoms with Gasteiger partial charge in [0.25, 0.3) is 0 Å². The molecule has 156 valence electrons. The van der Waals surface area contributed by atoms with E-state index in [0.29, 0.717) is 12.3 Å². The van der Waals surface area contributed by atoms with E-state index in [2.05, 4.69) is 5.32 Å². The highest BCUT2D eigenvalue weighted by Gasteiger charge is 2.38. The van der Waals surface area contributed by atoms with Crippen LogP contribution in [0.25, 0.3) is 0 Å². The molecule has 7 nitrogen and oxygen atoms in total. The summed E-state index contributed by atoms with van der Waals surface area (Å²) in [7, 11) is 0. The highest BCUT2D eigenvalue weighted by Crippen LogP contribution is 2.34.